The van der Waals surface area contributed by atoms with E-state index in [0.29, 0.717) is 23.2 Å². The van der Waals surface area contributed by atoms with E-state index in [2.05, 4.69) is 21.2 Å². The molecule has 0 spiro atoms. The summed E-state index contributed by atoms with van der Waals surface area (Å²) in [5, 5.41) is 2.71. The average Bonchev–Trinajstić information content (AvgIpc) is 2.76. The molecule has 1 aliphatic heterocycles. The molecule has 0 aromatic heterocycles. The molecule has 1 N–H and O–H groups in total. The summed E-state index contributed by atoms with van der Waals surface area (Å²) in [6, 6.07) is 4.31. The zero-order valence-corrected chi connectivity index (χ0v) is 13.8. The molecule has 5 nitrogen and oxygen atoms in total. The Kier molecular flexibility index (Phi) is 4.44. The number of benzene rings is 1. The number of halogens is 2. The second-order valence-electron chi connectivity index (χ2n) is 4.72. The van der Waals surface area contributed by atoms with Crippen molar-refractivity contribution in [2.24, 2.45) is 0 Å². The van der Waals surface area contributed by atoms with Crippen LogP contribution in [0.4, 0.5) is 5.69 Å². The van der Waals surface area contributed by atoms with Crippen molar-refractivity contribution in [1.82, 2.24) is 0 Å². The van der Waals surface area contributed by atoms with Crippen LogP contribution in [0.2, 0.25) is 0 Å². The Morgan fingerprint density at radius 1 is 1.50 bits per heavy atom. The molecule has 0 aliphatic carbocycles. The Bertz CT molecular complexity index is 641. The van der Waals surface area contributed by atoms with E-state index in [9.17, 15) is 13.2 Å². The molecule has 0 radical (unpaired) electrons. The van der Waals surface area contributed by atoms with Crippen molar-refractivity contribution >= 4 is 47.3 Å². The average molecular weight is 383 g/mol. The van der Waals surface area contributed by atoms with Crippen molar-refractivity contribution in [2.75, 3.05) is 11.9 Å². The standard InChI is InChI=1S/C12H13BrClNO4S/c1-12(5-2-6-19-12)11(16)15-8-3-4-10(9(13)7-8)20(14,17)18/h3-4,7H,2,5-6H2,1H3,(H,15,16). The third kappa shape index (κ3) is 3.33. The number of nitrogens with one attached hydrogen (secondary N) is 1. The highest BCUT2D eigenvalue weighted by molar-refractivity contribution is 9.10. The third-order valence-electron chi connectivity index (χ3n) is 3.15. The Morgan fingerprint density at radius 3 is 2.70 bits per heavy atom. The van der Waals surface area contributed by atoms with Gasteiger partial charge in [0.1, 0.15) is 5.60 Å². The molecule has 8 heteroatoms. The minimum atomic E-state index is -3.82. The first-order valence-corrected chi connectivity index (χ1v) is 9.02. The molecule has 20 heavy (non-hydrogen) atoms. The maximum absolute atomic E-state index is 12.1. The predicted octanol–water partition coefficient (Wildman–Crippen LogP) is 2.88. The predicted molar refractivity (Wildman–Crippen MR) is 79.4 cm³/mol. The largest absolute Gasteiger partial charge is 0.365 e. The van der Waals surface area contributed by atoms with Gasteiger partial charge in [0, 0.05) is 27.4 Å². The van der Waals surface area contributed by atoms with Gasteiger partial charge in [-0.1, -0.05) is 0 Å². The molecule has 0 bridgehead atoms. The summed E-state index contributed by atoms with van der Waals surface area (Å²) in [7, 11) is 1.46. The third-order valence-corrected chi connectivity index (χ3v) is 5.45. The number of carbonyl (C=O) groups is 1. The van der Waals surface area contributed by atoms with E-state index >= 15 is 0 Å². The molecule has 0 saturated carbocycles. The van der Waals surface area contributed by atoms with Gasteiger partial charge in [0.15, 0.2) is 0 Å². The summed E-state index contributed by atoms with van der Waals surface area (Å²) < 4.78 is 28.3. The van der Waals surface area contributed by atoms with Crippen LogP contribution in [0.3, 0.4) is 0 Å². The monoisotopic (exact) mass is 381 g/mol. The minimum Gasteiger partial charge on any atom is -0.365 e. The summed E-state index contributed by atoms with van der Waals surface area (Å²) in [5.41, 5.74) is -0.355. The van der Waals surface area contributed by atoms with Gasteiger partial charge in [-0.3, -0.25) is 4.79 Å². The normalized spacial score (nSPS) is 22.8. The molecule has 110 valence electrons. The Labute approximate surface area is 130 Å². The molecular formula is C12H13BrClNO4S. The molecular weight excluding hydrogens is 370 g/mol. The van der Waals surface area contributed by atoms with Crippen molar-refractivity contribution < 1.29 is 17.9 Å². The lowest BCUT2D eigenvalue weighted by Gasteiger charge is -2.22. The van der Waals surface area contributed by atoms with E-state index in [1.54, 1.807) is 6.92 Å². The number of hydrogen-bond acceptors (Lipinski definition) is 4. The smallest absolute Gasteiger partial charge is 0.262 e. The van der Waals surface area contributed by atoms with Gasteiger partial charge < -0.3 is 10.1 Å². The first kappa shape index (κ1) is 15.8. The first-order valence-electron chi connectivity index (χ1n) is 5.92. The van der Waals surface area contributed by atoms with Crippen LogP contribution in [-0.4, -0.2) is 26.5 Å². The second-order valence-corrected chi connectivity index (χ2v) is 8.11. The van der Waals surface area contributed by atoms with E-state index in [1.807, 2.05) is 0 Å². The molecule has 1 aromatic rings. The molecule has 1 atom stereocenters. The fraction of sp³-hybridized carbons (Fsp3) is 0.417. The lowest BCUT2D eigenvalue weighted by Crippen LogP contribution is -2.39. The van der Waals surface area contributed by atoms with E-state index < -0.39 is 14.7 Å². The summed E-state index contributed by atoms with van der Waals surface area (Å²) in [6.45, 7) is 2.30. The molecule has 1 aliphatic rings. The van der Waals surface area contributed by atoms with E-state index in [0.717, 1.165) is 6.42 Å². The SMILES string of the molecule is CC1(C(=O)Nc2ccc(S(=O)(=O)Cl)c(Br)c2)CCCO1. The van der Waals surface area contributed by atoms with Gasteiger partial charge in [0.05, 0.1) is 4.90 Å². The molecule has 1 amide bonds. The maximum atomic E-state index is 12.1. The quantitative estimate of drug-likeness (QED) is 0.816. The van der Waals surface area contributed by atoms with Gasteiger partial charge in [-0.05, 0) is 53.9 Å². The maximum Gasteiger partial charge on any atom is 0.262 e. The highest BCUT2D eigenvalue weighted by atomic mass is 79.9. The van der Waals surface area contributed by atoms with Crippen LogP contribution in [0.5, 0.6) is 0 Å². The highest BCUT2D eigenvalue weighted by Crippen LogP contribution is 2.30. The van der Waals surface area contributed by atoms with Crippen LogP contribution in [0.25, 0.3) is 0 Å². The fourth-order valence-electron chi connectivity index (χ4n) is 2.00. The molecule has 1 fully saturated rings. The van der Waals surface area contributed by atoms with Gasteiger partial charge >= 0.3 is 0 Å². The Hall–Kier alpha value is -0.630. The fourth-order valence-corrected chi connectivity index (χ4v) is 4.22. The molecule has 1 unspecified atom stereocenters. The van der Waals surface area contributed by atoms with Crippen molar-refractivity contribution in [2.45, 2.75) is 30.3 Å². The van der Waals surface area contributed by atoms with E-state index in [-0.39, 0.29) is 10.8 Å². The minimum absolute atomic E-state index is 0.0412. The van der Waals surface area contributed by atoms with Crippen molar-refractivity contribution in [3.63, 3.8) is 0 Å². The first-order chi connectivity index (χ1) is 9.22. The van der Waals surface area contributed by atoms with Gasteiger partial charge in [-0.25, -0.2) is 8.42 Å². The topological polar surface area (TPSA) is 72.5 Å². The summed E-state index contributed by atoms with van der Waals surface area (Å²) in [5.74, 6) is -0.247. The Morgan fingerprint density at radius 2 is 2.20 bits per heavy atom. The van der Waals surface area contributed by atoms with Gasteiger partial charge in [0.25, 0.3) is 15.0 Å². The molecule has 1 aromatic carbocycles. The van der Waals surface area contributed by atoms with Gasteiger partial charge in [-0.15, -0.1) is 0 Å². The number of amides is 1. The summed E-state index contributed by atoms with van der Waals surface area (Å²) in [4.78, 5) is 12.1. The van der Waals surface area contributed by atoms with Crippen LogP contribution in [0.1, 0.15) is 19.8 Å². The van der Waals surface area contributed by atoms with Crippen LogP contribution in [0, 0.1) is 0 Å². The van der Waals surface area contributed by atoms with Crippen molar-refractivity contribution in [3.8, 4) is 0 Å². The molecule has 1 saturated heterocycles. The van der Waals surface area contributed by atoms with Crippen LogP contribution in [0.15, 0.2) is 27.6 Å². The number of rotatable bonds is 3. The number of carbonyl (C=O) groups excluding carboxylic acids is 1. The lowest BCUT2D eigenvalue weighted by atomic mass is 10.0. The van der Waals surface area contributed by atoms with Gasteiger partial charge in [0.2, 0.25) is 0 Å². The molecule has 1 heterocycles. The zero-order valence-electron chi connectivity index (χ0n) is 10.7. The summed E-state index contributed by atoms with van der Waals surface area (Å²) in [6.07, 6.45) is 1.51. The highest BCUT2D eigenvalue weighted by Gasteiger charge is 2.37. The van der Waals surface area contributed by atoms with Crippen LogP contribution >= 0.6 is 26.6 Å². The number of ether oxygens (including phenoxy) is 1. The Balaban J connectivity index is 2.19. The van der Waals surface area contributed by atoms with E-state index in [1.165, 1.54) is 18.2 Å². The van der Waals surface area contributed by atoms with Crippen molar-refractivity contribution in [3.05, 3.63) is 22.7 Å². The number of hydrogen-bond donors (Lipinski definition) is 1. The van der Waals surface area contributed by atoms with Crippen LogP contribution in [-0.2, 0) is 18.6 Å². The van der Waals surface area contributed by atoms with Crippen LogP contribution < -0.4 is 5.32 Å². The van der Waals surface area contributed by atoms with Crippen molar-refractivity contribution in [1.29, 1.82) is 0 Å². The zero-order chi connectivity index (χ0) is 15.0. The number of anilines is 1. The second kappa shape index (κ2) is 5.63. The summed E-state index contributed by atoms with van der Waals surface area (Å²) >= 11 is 3.12. The van der Waals surface area contributed by atoms with E-state index in [4.69, 9.17) is 15.4 Å². The molecule has 2 rings (SSSR count). The van der Waals surface area contributed by atoms with Gasteiger partial charge in [-0.2, -0.15) is 0 Å². The lowest BCUT2D eigenvalue weighted by molar-refractivity contribution is -0.133.